The van der Waals surface area contributed by atoms with Gasteiger partial charge >= 0.3 is 0 Å². The molecule has 1 aliphatic heterocycles. The largest absolute Gasteiger partial charge is 0.352 e. The average molecular weight is 298 g/mol. The molecule has 1 saturated heterocycles. The summed E-state index contributed by atoms with van der Waals surface area (Å²) in [6, 6.07) is 9.79. The average Bonchev–Trinajstić information content (AvgIpc) is 3.13. The van der Waals surface area contributed by atoms with Crippen LogP contribution in [-0.4, -0.2) is 40.1 Å². The molecule has 1 aromatic carbocycles. The fourth-order valence-electron chi connectivity index (χ4n) is 2.55. The fourth-order valence-corrected chi connectivity index (χ4v) is 2.55. The third-order valence-corrected chi connectivity index (χ3v) is 3.84. The number of benzene rings is 1. The first-order valence-corrected chi connectivity index (χ1v) is 7.24. The molecule has 1 fully saturated rings. The number of hydrogen-bond donors (Lipinski definition) is 1. The van der Waals surface area contributed by atoms with Crippen LogP contribution in [0, 0.1) is 5.92 Å². The van der Waals surface area contributed by atoms with Crippen molar-refractivity contribution in [2.45, 2.75) is 13.0 Å². The van der Waals surface area contributed by atoms with Gasteiger partial charge in [-0.3, -0.25) is 9.59 Å². The predicted octanol–water partition coefficient (Wildman–Crippen LogP) is 0.967. The Bertz CT molecular complexity index is 680. The number of carbonyl (C=O) groups excluding carboxylic acids is 2. The van der Waals surface area contributed by atoms with Gasteiger partial charge in [0.05, 0.1) is 17.8 Å². The molecule has 1 N–H and O–H groups in total. The highest BCUT2D eigenvalue weighted by Gasteiger charge is 2.31. The van der Waals surface area contributed by atoms with Gasteiger partial charge in [0, 0.05) is 38.3 Å². The maximum Gasteiger partial charge on any atom is 0.225 e. The predicted molar refractivity (Wildman–Crippen MR) is 81.2 cm³/mol. The van der Waals surface area contributed by atoms with Gasteiger partial charge in [-0.05, 0) is 12.1 Å². The van der Waals surface area contributed by atoms with Gasteiger partial charge in [0.2, 0.25) is 11.8 Å². The molecule has 2 heterocycles. The molecular formula is C16H18N4O2. The molecule has 1 atom stereocenters. The van der Waals surface area contributed by atoms with Gasteiger partial charge in [-0.15, -0.1) is 0 Å². The van der Waals surface area contributed by atoms with Crippen molar-refractivity contribution in [3.63, 3.8) is 0 Å². The van der Waals surface area contributed by atoms with E-state index in [1.54, 1.807) is 22.8 Å². The molecule has 6 heteroatoms. The summed E-state index contributed by atoms with van der Waals surface area (Å²) in [5.41, 5.74) is 1.90. The summed E-state index contributed by atoms with van der Waals surface area (Å²) in [7, 11) is 1.72. The Kier molecular flexibility index (Phi) is 3.91. The lowest BCUT2D eigenvalue weighted by molar-refractivity contribution is -0.128. The molecule has 1 aliphatic rings. The lowest BCUT2D eigenvalue weighted by Gasteiger charge is -2.10. The maximum absolute atomic E-state index is 12.1. The molecule has 0 saturated carbocycles. The highest BCUT2D eigenvalue weighted by atomic mass is 16.2. The van der Waals surface area contributed by atoms with Gasteiger partial charge in [0.25, 0.3) is 0 Å². The third-order valence-electron chi connectivity index (χ3n) is 3.84. The van der Waals surface area contributed by atoms with E-state index in [2.05, 4.69) is 10.4 Å². The van der Waals surface area contributed by atoms with E-state index in [0.29, 0.717) is 19.5 Å². The molecule has 2 amide bonds. The second-order valence-corrected chi connectivity index (χ2v) is 5.52. The standard InChI is InChI=1S/C16H18N4O2/c1-19-11-13(7-15(19)21)16(22)17-8-12-9-18-20(10-12)14-5-3-2-4-6-14/h2-6,9-10,13H,7-8,11H2,1H3,(H,17,22)/t13-/m1/s1. The summed E-state index contributed by atoms with van der Waals surface area (Å²) in [5, 5.41) is 7.16. The van der Waals surface area contributed by atoms with Gasteiger partial charge in [-0.25, -0.2) is 4.68 Å². The molecule has 1 aromatic heterocycles. The molecule has 0 bridgehead atoms. The second-order valence-electron chi connectivity index (χ2n) is 5.52. The summed E-state index contributed by atoms with van der Waals surface area (Å²) >= 11 is 0. The van der Waals surface area contributed by atoms with Crippen LogP contribution in [0.15, 0.2) is 42.7 Å². The van der Waals surface area contributed by atoms with E-state index < -0.39 is 0 Å². The summed E-state index contributed by atoms with van der Waals surface area (Å²) in [6.45, 7) is 0.911. The van der Waals surface area contributed by atoms with E-state index in [0.717, 1.165) is 11.3 Å². The Balaban J connectivity index is 1.57. The Morgan fingerprint density at radius 3 is 2.82 bits per heavy atom. The number of likely N-dealkylation sites (tertiary alicyclic amines) is 1. The zero-order valence-corrected chi connectivity index (χ0v) is 12.4. The van der Waals surface area contributed by atoms with E-state index in [9.17, 15) is 9.59 Å². The Morgan fingerprint density at radius 2 is 2.14 bits per heavy atom. The van der Waals surface area contributed by atoms with Gasteiger partial charge in [0.15, 0.2) is 0 Å². The summed E-state index contributed by atoms with van der Waals surface area (Å²) < 4.78 is 1.77. The van der Waals surface area contributed by atoms with Crippen LogP contribution < -0.4 is 5.32 Å². The molecule has 6 nitrogen and oxygen atoms in total. The van der Waals surface area contributed by atoms with Gasteiger partial charge in [0.1, 0.15) is 0 Å². The lowest BCUT2D eigenvalue weighted by Crippen LogP contribution is -2.31. The minimum Gasteiger partial charge on any atom is -0.352 e. The first-order chi connectivity index (χ1) is 10.6. The van der Waals surface area contributed by atoms with Gasteiger partial charge in [-0.1, -0.05) is 18.2 Å². The summed E-state index contributed by atoms with van der Waals surface area (Å²) in [4.78, 5) is 25.1. The van der Waals surface area contributed by atoms with Crippen molar-refractivity contribution < 1.29 is 9.59 Å². The smallest absolute Gasteiger partial charge is 0.225 e. The summed E-state index contributed by atoms with van der Waals surface area (Å²) in [5.74, 6) is -0.302. The number of carbonyl (C=O) groups is 2. The minimum absolute atomic E-state index is 0.0250. The molecule has 0 spiro atoms. The monoisotopic (exact) mass is 298 g/mol. The number of amides is 2. The topological polar surface area (TPSA) is 67.2 Å². The van der Waals surface area contributed by atoms with Crippen molar-refractivity contribution in [1.82, 2.24) is 20.0 Å². The van der Waals surface area contributed by atoms with Crippen molar-refractivity contribution in [3.05, 3.63) is 48.3 Å². The molecule has 0 aliphatic carbocycles. The highest BCUT2D eigenvalue weighted by molar-refractivity contribution is 5.89. The van der Waals surface area contributed by atoms with Crippen molar-refractivity contribution in [2.75, 3.05) is 13.6 Å². The summed E-state index contributed by atoms with van der Waals surface area (Å²) in [6.07, 6.45) is 3.92. The van der Waals surface area contributed by atoms with Crippen molar-refractivity contribution in [1.29, 1.82) is 0 Å². The van der Waals surface area contributed by atoms with Crippen LogP contribution in [0.2, 0.25) is 0 Å². The van der Waals surface area contributed by atoms with E-state index >= 15 is 0 Å². The lowest BCUT2D eigenvalue weighted by atomic mass is 10.1. The number of rotatable bonds is 4. The Morgan fingerprint density at radius 1 is 1.36 bits per heavy atom. The number of aromatic nitrogens is 2. The van der Waals surface area contributed by atoms with Crippen LogP contribution >= 0.6 is 0 Å². The van der Waals surface area contributed by atoms with E-state index in [4.69, 9.17) is 0 Å². The molecule has 114 valence electrons. The van der Waals surface area contributed by atoms with Gasteiger partial charge < -0.3 is 10.2 Å². The number of hydrogen-bond acceptors (Lipinski definition) is 3. The normalized spacial score (nSPS) is 17.8. The van der Waals surface area contributed by atoms with Crippen LogP contribution in [0.4, 0.5) is 0 Å². The zero-order valence-electron chi connectivity index (χ0n) is 12.4. The third kappa shape index (κ3) is 3.00. The Labute approximate surface area is 128 Å². The first-order valence-electron chi connectivity index (χ1n) is 7.24. The minimum atomic E-state index is -0.248. The van der Waals surface area contributed by atoms with Crippen LogP contribution in [0.3, 0.4) is 0 Å². The van der Waals surface area contributed by atoms with Crippen LogP contribution in [-0.2, 0) is 16.1 Å². The number of nitrogens with one attached hydrogen (secondary N) is 1. The highest BCUT2D eigenvalue weighted by Crippen LogP contribution is 2.16. The van der Waals surface area contributed by atoms with Crippen molar-refractivity contribution in [2.24, 2.45) is 5.92 Å². The SMILES string of the molecule is CN1C[C@H](C(=O)NCc2cnn(-c3ccccc3)c2)CC1=O. The molecule has 2 aromatic rings. The van der Waals surface area contributed by atoms with Crippen molar-refractivity contribution in [3.8, 4) is 5.69 Å². The molecule has 22 heavy (non-hydrogen) atoms. The van der Waals surface area contributed by atoms with E-state index in [1.807, 2.05) is 36.5 Å². The first kappa shape index (κ1) is 14.3. The van der Waals surface area contributed by atoms with Crippen LogP contribution in [0.5, 0.6) is 0 Å². The van der Waals surface area contributed by atoms with Crippen molar-refractivity contribution >= 4 is 11.8 Å². The Hall–Kier alpha value is -2.63. The molecular weight excluding hydrogens is 280 g/mol. The molecule has 0 unspecified atom stereocenters. The number of para-hydroxylation sites is 1. The number of nitrogens with zero attached hydrogens (tertiary/aromatic N) is 3. The van der Waals surface area contributed by atoms with Crippen LogP contribution in [0.25, 0.3) is 5.69 Å². The quantitative estimate of drug-likeness (QED) is 0.914. The zero-order chi connectivity index (χ0) is 15.5. The van der Waals surface area contributed by atoms with Gasteiger partial charge in [-0.2, -0.15) is 5.10 Å². The fraction of sp³-hybridized carbons (Fsp3) is 0.312. The van der Waals surface area contributed by atoms with E-state index in [1.165, 1.54) is 0 Å². The molecule has 0 radical (unpaired) electrons. The molecule has 3 rings (SSSR count). The van der Waals surface area contributed by atoms with Crippen LogP contribution in [0.1, 0.15) is 12.0 Å². The maximum atomic E-state index is 12.1. The van der Waals surface area contributed by atoms with E-state index in [-0.39, 0.29) is 17.7 Å². The second kappa shape index (κ2) is 6.01.